The molecular weight excluding hydrogens is 456 g/mol. The highest BCUT2D eigenvalue weighted by Crippen LogP contribution is 2.18. The van der Waals surface area contributed by atoms with E-state index in [0.717, 1.165) is 11.3 Å². The van der Waals surface area contributed by atoms with Crippen molar-refractivity contribution in [1.29, 1.82) is 0 Å². The molecule has 0 aliphatic heterocycles. The second-order valence-corrected chi connectivity index (χ2v) is 7.82. The molecule has 0 aliphatic rings. The Morgan fingerprint density at radius 3 is 1.89 bits per heavy atom. The van der Waals surface area contributed by atoms with Crippen LogP contribution in [0.2, 0.25) is 0 Å². The molecule has 0 N–H and O–H groups in total. The molecule has 6 heteroatoms. The quantitative estimate of drug-likeness (QED) is 0.154. The number of carbonyl (C=O) groups excluding carboxylic acids is 2. The summed E-state index contributed by atoms with van der Waals surface area (Å²) in [7, 11) is 0. The highest BCUT2D eigenvalue weighted by Gasteiger charge is 2.12. The molecule has 4 aromatic carbocycles. The first-order valence-corrected chi connectivity index (χ1v) is 11.6. The minimum Gasteiger partial charge on any atom is -0.490 e. The third kappa shape index (κ3) is 7.46. The molecule has 0 aromatic heterocycles. The lowest BCUT2D eigenvalue weighted by atomic mass is 10.2. The van der Waals surface area contributed by atoms with Crippen LogP contribution in [0.25, 0.3) is 0 Å². The van der Waals surface area contributed by atoms with Gasteiger partial charge in [-0.25, -0.2) is 9.59 Å². The first-order chi connectivity index (χ1) is 17.7. The SMILES string of the molecule is O=C(OCCc1ccccc1)c1ccc(OC(=O)c2cccc(OCCOc3ccccc3)c2)cc1. The van der Waals surface area contributed by atoms with E-state index in [1.54, 1.807) is 48.5 Å². The second-order valence-electron chi connectivity index (χ2n) is 7.82. The van der Waals surface area contributed by atoms with E-state index in [1.807, 2.05) is 60.7 Å². The van der Waals surface area contributed by atoms with E-state index in [1.165, 1.54) is 0 Å². The maximum Gasteiger partial charge on any atom is 0.343 e. The second kappa shape index (κ2) is 12.8. The van der Waals surface area contributed by atoms with Crippen LogP contribution in [0.15, 0.2) is 109 Å². The Labute approximate surface area is 210 Å². The van der Waals surface area contributed by atoms with Gasteiger partial charge < -0.3 is 18.9 Å². The fourth-order valence-electron chi connectivity index (χ4n) is 3.36. The summed E-state index contributed by atoms with van der Waals surface area (Å²) in [6.45, 7) is 0.992. The zero-order chi connectivity index (χ0) is 25.0. The summed E-state index contributed by atoms with van der Waals surface area (Å²) >= 11 is 0. The number of hydrogen-bond acceptors (Lipinski definition) is 6. The molecule has 0 unspecified atom stereocenters. The van der Waals surface area contributed by atoms with Crippen molar-refractivity contribution < 1.29 is 28.5 Å². The van der Waals surface area contributed by atoms with E-state index in [0.29, 0.717) is 42.3 Å². The Morgan fingerprint density at radius 1 is 0.528 bits per heavy atom. The van der Waals surface area contributed by atoms with Crippen molar-refractivity contribution >= 4 is 11.9 Å². The van der Waals surface area contributed by atoms with Gasteiger partial charge >= 0.3 is 11.9 Å². The summed E-state index contributed by atoms with van der Waals surface area (Å²) in [6, 6.07) is 32.3. The molecule has 0 bridgehead atoms. The smallest absolute Gasteiger partial charge is 0.343 e. The van der Waals surface area contributed by atoms with Gasteiger partial charge in [0.05, 0.1) is 17.7 Å². The van der Waals surface area contributed by atoms with Crippen LogP contribution in [0.5, 0.6) is 17.2 Å². The third-order valence-corrected chi connectivity index (χ3v) is 5.20. The van der Waals surface area contributed by atoms with Crippen molar-refractivity contribution in [3.05, 3.63) is 126 Å². The van der Waals surface area contributed by atoms with E-state index in [9.17, 15) is 9.59 Å². The van der Waals surface area contributed by atoms with Gasteiger partial charge in [-0.15, -0.1) is 0 Å². The lowest BCUT2D eigenvalue weighted by molar-refractivity contribution is 0.0509. The average Bonchev–Trinajstić information content (AvgIpc) is 2.93. The maximum absolute atomic E-state index is 12.6. The molecule has 4 rings (SSSR count). The Hall–Kier alpha value is -4.58. The normalized spacial score (nSPS) is 10.3. The van der Waals surface area contributed by atoms with Crippen molar-refractivity contribution in [3.8, 4) is 17.2 Å². The summed E-state index contributed by atoms with van der Waals surface area (Å²) < 4.78 is 22.1. The number of carbonyl (C=O) groups is 2. The summed E-state index contributed by atoms with van der Waals surface area (Å²) in [4.78, 5) is 24.8. The fourth-order valence-corrected chi connectivity index (χ4v) is 3.36. The van der Waals surface area contributed by atoms with Crippen LogP contribution in [0, 0.1) is 0 Å². The molecule has 182 valence electrons. The van der Waals surface area contributed by atoms with Crippen molar-refractivity contribution in [3.63, 3.8) is 0 Å². The van der Waals surface area contributed by atoms with Gasteiger partial charge in [-0.05, 0) is 60.2 Å². The van der Waals surface area contributed by atoms with Crippen LogP contribution in [0.3, 0.4) is 0 Å². The Bertz CT molecular complexity index is 1250. The Morgan fingerprint density at radius 2 is 1.17 bits per heavy atom. The first kappa shape index (κ1) is 24.5. The van der Waals surface area contributed by atoms with Gasteiger partial charge in [0, 0.05) is 6.42 Å². The molecular formula is C30H26O6. The topological polar surface area (TPSA) is 71.1 Å². The number of para-hydroxylation sites is 1. The predicted octanol–water partition coefficient (Wildman–Crippen LogP) is 5.76. The van der Waals surface area contributed by atoms with Crippen LogP contribution >= 0.6 is 0 Å². The van der Waals surface area contributed by atoms with Gasteiger partial charge in [-0.3, -0.25) is 0 Å². The van der Waals surface area contributed by atoms with E-state index in [-0.39, 0.29) is 6.61 Å². The van der Waals surface area contributed by atoms with Crippen molar-refractivity contribution in [2.45, 2.75) is 6.42 Å². The summed E-state index contributed by atoms with van der Waals surface area (Å²) in [5.41, 5.74) is 1.83. The molecule has 0 saturated carbocycles. The van der Waals surface area contributed by atoms with Gasteiger partial charge in [0.15, 0.2) is 0 Å². The minimum absolute atomic E-state index is 0.288. The number of rotatable bonds is 11. The van der Waals surface area contributed by atoms with Crippen LogP contribution in [0.1, 0.15) is 26.3 Å². The average molecular weight is 483 g/mol. The lowest BCUT2D eigenvalue weighted by Crippen LogP contribution is -2.11. The molecule has 0 heterocycles. The van der Waals surface area contributed by atoms with Crippen LogP contribution in [0.4, 0.5) is 0 Å². The zero-order valence-electron chi connectivity index (χ0n) is 19.7. The van der Waals surface area contributed by atoms with Gasteiger partial charge in [-0.1, -0.05) is 54.6 Å². The molecule has 6 nitrogen and oxygen atoms in total. The number of hydrogen-bond donors (Lipinski definition) is 0. The van der Waals surface area contributed by atoms with E-state index >= 15 is 0 Å². The molecule has 0 saturated heterocycles. The van der Waals surface area contributed by atoms with Crippen molar-refractivity contribution in [1.82, 2.24) is 0 Å². The van der Waals surface area contributed by atoms with Gasteiger partial charge in [0.1, 0.15) is 30.5 Å². The lowest BCUT2D eigenvalue weighted by Gasteiger charge is -2.10. The number of benzene rings is 4. The van der Waals surface area contributed by atoms with Crippen molar-refractivity contribution in [2.24, 2.45) is 0 Å². The van der Waals surface area contributed by atoms with E-state index in [4.69, 9.17) is 18.9 Å². The molecule has 0 fully saturated rings. The minimum atomic E-state index is -0.529. The molecule has 0 amide bonds. The van der Waals surface area contributed by atoms with Crippen LogP contribution < -0.4 is 14.2 Å². The summed E-state index contributed by atoms with van der Waals surface area (Å²) in [5.74, 6) is 0.673. The maximum atomic E-state index is 12.6. The molecule has 0 radical (unpaired) electrons. The summed E-state index contributed by atoms with van der Waals surface area (Å²) in [5, 5.41) is 0. The molecule has 0 atom stereocenters. The molecule has 36 heavy (non-hydrogen) atoms. The largest absolute Gasteiger partial charge is 0.490 e. The zero-order valence-corrected chi connectivity index (χ0v) is 19.7. The van der Waals surface area contributed by atoms with Gasteiger partial charge in [-0.2, -0.15) is 0 Å². The summed E-state index contributed by atoms with van der Waals surface area (Å²) in [6.07, 6.45) is 0.644. The highest BCUT2D eigenvalue weighted by atomic mass is 16.5. The molecule has 0 aliphatic carbocycles. The monoisotopic (exact) mass is 482 g/mol. The third-order valence-electron chi connectivity index (χ3n) is 5.20. The Kier molecular flexibility index (Phi) is 8.70. The van der Waals surface area contributed by atoms with Crippen LogP contribution in [-0.2, 0) is 11.2 Å². The standard InChI is InChI=1S/C30H26O6/c31-29(35-19-18-23-8-3-1-4-9-23)24-14-16-27(17-15-24)36-30(32)25-10-7-13-28(22-25)34-21-20-33-26-11-5-2-6-12-26/h1-17,22H,18-21H2. The van der Waals surface area contributed by atoms with E-state index in [2.05, 4.69) is 0 Å². The van der Waals surface area contributed by atoms with E-state index < -0.39 is 11.9 Å². The predicted molar refractivity (Wildman–Crippen MR) is 136 cm³/mol. The molecule has 0 spiro atoms. The Balaban J connectivity index is 1.23. The number of ether oxygens (including phenoxy) is 4. The number of esters is 2. The highest BCUT2D eigenvalue weighted by molar-refractivity contribution is 5.92. The van der Waals surface area contributed by atoms with Gasteiger partial charge in [0.2, 0.25) is 0 Å². The first-order valence-electron chi connectivity index (χ1n) is 11.6. The van der Waals surface area contributed by atoms with Crippen LogP contribution in [-0.4, -0.2) is 31.8 Å². The fraction of sp³-hybridized carbons (Fsp3) is 0.133. The van der Waals surface area contributed by atoms with Crippen molar-refractivity contribution in [2.75, 3.05) is 19.8 Å². The van der Waals surface area contributed by atoms with Gasteiger partial charge in [0.25, 0.3) is 0 Å². The molecule has 4 aromatic rings.